The summed E-state index contributed by atoms with van der Waals surface area (Å²) in [5.41, 5.74) is 2.02. The lowest BCUT2D eigenvalue weighted by molar-refractivity contribution is -0.120. The summed E-state index contributed by atoms with van der Waals surface area (Å²) < 4.78 is 5.39. The number of carbonyl (C=O) groups is 4. The summed E-state index contributed by atoms with van der Waals surface area (Å²) in [5, 5.41) is 15.4. The molecule has 1 atom stereocenters. The van der Waals surface area contributed by atoms with E-state index in [1.54, 1.807) is 24.3 Å². The third kappa shape index (κ3) is 5.83. The number of ether oxygens (including phenoxy) is 1. The summed E-state index contributed by atoms with van der Waals surface area (Å²) in [6.07, 6.45) is 2.48. The van der Waals surface area contributed by atoms with E-state index in [4.69, 9.17) is 4.74 Å². The molecule has 2 heterocycles. The van der Waals surface area contributed by atoms with Gasteiger partial charge in [-0.15, -0.1) is 0 Å². The lowest BCUT2D eigenvalue weighted by Crippen LogP contribution is -2.43. The fraction of sp³-hybridized carbons (Fsp3) is 0.296. The van der Waals surface area contributed by atoms with E-state index in [9.17, 15) is 24.3 Å². The summed E-state index contributed by atoms with van der Waals surface area (Å²) in [6, 6.07) is 15.3. The van der Waals surface area contributed by atoms with Crippen molar-refractivity contribution in [2.45, 2.75) is 44.4 Å². The third-order valence-corrected chi connectivity index (χ3v) is 7.34. The molecule has 0 radical (unpaired) electrons. The molecule has 2 aromatic carbocycles. The number of carboxylic acids is 1. The minimum absolute atomic E-state index is 0.0407. The van der Waals surface area contributed by atoms with Crippen LogP contribution in [0.4, 0.5) is 9.93 Å². The van der Waals surface area contributed by atoms with Crippen molar-refractivity contribution in [2.75, 3.05) is 11.9 Å². The van der Waals surface area contributed by atoms with Gasteiger partial charge in [0.2, 0.25) is 5.91 Å². The second kappa shape index (κ2) is 11.0. The summed E-state index contributed by atoms with van der Waals surface area (Å²) in [5.74, 6) is -1.81. The molecule has 3 N–H and O–H groups in total. The zero-order valence-electron chi connectivity index (χ0n) is 20.4. The summed E-state index contributed by atoms with van der Waals surface area (Å²) >= 11 is 0.837. The SMILES string of the molecule is O=C(NC1CC1)c1ccc(-c2nc(NC(=O)[C@@H]3CCCN3C(=O)OCc3ccccc3)sc2C(=O)O)cc1. The smallest absolute Gasteiger partial charge is 0.410 e. The highest BCUT2D eigenvalue weighted by Gasteiger charge is 2.36. The molecule has 0 bridgehead atoms. The van der Waals surface area contributed by atoms with Crippen LogP contribution in [-0.2, 0) is 16.1 Å². The van der Waals surface area contributed by atoms with E-state index in [0.717, 1.165) is 29.7 Å². The third-order valence-electron chi connectivity index (χ3n) is 6.38. The maximum atomic E-state index is 13.1. The molecule has 1 saturated carbocycles. The molecule has 0 unspecified atom stereocenters. The first kappa shape index (κ1) is 25.4. The van der Waals surface area contributed by atoms with Crippen LogP contribution < -0.4 is 10.6 Å². The first-order valence-corrected chi connectivity index (χ1v) is 13.1. The molecule has 38 heavy (non-hydrogen) atoms. The van der Waals surface area contributed by atoms with Crippen molar-refractivity contribution in [2.24, 2.45) is 0 Å². The average molecular weight is 535 g/mol. The average Bonchev–Trinajstić information content (AvgIpc) is 3.42. The molecule has 1 aliphatic carbocycles. The maximum Gasteiger partial charge on any atom is 0.410 e. The predicted molar refractivity (Wildman–Crippen MR) is 140 cm³/mol. The molecule has 0 spiro atoms. The molecule has 10 nitrogen and oxygen atoms in total. The van der Waals surface area contributed by atoms with E-state index in [-0.39, 0.29) is 34.3 Å². The van der Waals surface area contributed by atoms with Crippen LogP contribution in [0.25, 0.3) is 11.3 Å². The molecule has 1 aromatic heterocycles. The molecule has 196 valence electrons. The van der Waals surface area contributed by atoms with E-state index in [2.05, 4.69) is 15.6 Å². The molecule has 1 saturated heterocycles. The van der Waals surface area contributed by atoms with Crippen LogP contribution in [0.3, 0.4) is 0 Å². The molecular weight excluding hydrogens is 508 g/mol. The number of nitrogens with one attached hydrogen (secondary N) is 2. The van der Waals surface area contributed by atoms with E-state index >= 15 is 0 Å². The van der Waals surface area contributed by atoms with Gasteiger partial charge in [0.15, 0.2) is 5.13 Å². The van der Waals surface area contributed by atoms with Crippen molar-refractivity contribution < 1.29 is 29.0 Å². The van der Waals surface area contributed by atoms with Gasteiger partial charge in [-0.1, -0.05) is 53.8 Å². The van der Waals surface area contributed by atoms with Gasteiger partial charge in [0.1, 0.15) is 17.5 Å². The minimum Gasteiger partial charge on any atom is -0.477 e. The first-order valence-electron chi connectivity index (χ1n) is 12.3. The van der Waals surface area contributed by atoms with Gasteiger partial charge in [0.25, 0.3) is 5.91 Å². The number of amides is 3. The predicted octanol–water partition coefficient (Wildman–Crippen LogP) is 4.14. The van der Waals surface area contributed by atoms with Gasteiger partial charge in [-0.25, -0.2) is 14.6 Å². The standard InChI is InChI=1S/C27H26N4O6S/c32-23(28-19-12-13-19)18-10-8-17(9-11-18)21-22(25(34)35)38-26(29-21)30-24(33)20-7-4-14-31(20)27(36)37-15-16-5-2-1-3-6-16/h1-3,5-6,8-11,19-20H,4,7,12-15H2,(H,28,32)(H,34,35)(H,29,30,33)/t20-/m0/s1. The van der Waals surface area contributed by atoms with Crippen LogP contribution in [0, 0.1) is 0 Å². The molecule has 3 amide bonds. The van der Waals surface area contributed by atoms with Crippen molar-refractivity contribution >= 4 is 40.3 Å². The topological polar surface area (TPSA) is 138 Å². The molecule has 3 aromatic rings. The van der Waals surface area contributed by atoms with Crippen LogP contribution in [0.1, 0.15) is 51.3 Å². The van der Waals surface area contributed by atoms with Crippen LogP contribution in [0.15, 0.2) is 54.6 Å². The Hall–Kier alpha value is -4.25. The number of benzene rings is 2. The van der Waals surface area contributed by atoms with Crippen molar-refractivity contribution in [1.82, 2.24) is 15.2 Å². The van der Waals surface area contributed by atoms with Gasteiger partial charge < -0.3 is 20.5 Å². The quantitative estimate of drug-likeness (QED) is 0.395. The number of aromatic carboxylic acids is 1. The Morgan fingerprint density at radius 1 is 1.03 bits per heavy atom. The lowest BCUT2D eigenvalue weighted by atomic mass is 10.1. The van der Waals surface area contributed by atoms with E-state index < -0.39 is 24.0 Å². The number of carboxylic acid groups (broad SMARTS) is 1. The number of anilines is 1. The number of carbonyl (C=O) groups excluding carboxylic acids is 3. The number of thiazole rings is 1. The number of rotatable bonds is 8. The highest BCUT2D eigenvalue weighted by molar-refractivity contribution is 7.18. The summed E-state index contributed by atoms with van der Waals surface area (Å²) in [6.45, 7) is 0.485. The maximum absolute atomic E-state index is 13.1. The van der Waals surface area contributed by atoms with Crippen molar-refractivity contribution in [3.63, 3.8) is 0 Å². The number of likely N-dealkylation sites (tertiary alicyclic amines) is 1. The zero-order chi connectivity index (χ0) is 26.6. The highest BCUT2D eigenvalue weighted by atomic mass is 32.1. The minimum atomic E-state index is -1.18. The van der Waals surface area contributed by atoms with Gasteiger partial charge in [-0.05, 0) is 43.4 Å². The summed E-state index contributed by atoms with van der Waals surface area (Å²) in [4.78, 5) is 55.6. The van der Waals surface area contributed by atoms with E-state index in [1.807, 2.05) is 30.3 Å². The molecule has 2 aliphatic rings. The van der Waals surface area contributed by atoms with Crippen molar-refractivity contribution in [3.05, 3.63) is 70.6 Å². The molecule has 2 fully saturated rings. The fourth-order valence-electron chi connectivity index (χ4n) is 4.24. The normalized spacial score (nSPS) is 16.6. The Morgan fingerprint density at radius 3 is 2.45 bits per heavy atom. The molecular formula is C27H26N4O6S. The van der Waals surface area contributed by atoms with Crippen molar-refractivity contribution in [1.29, 1.82) is 0 Å². The fourth-order valence-corrected chi connectivity index (χ4v) is 5.07. The van der Waals surface area contributed by atoms with Crippen LogP contribution >= 0.6 is 11.3 Å². The number of hydrogen-bond acceptors (Lipinski definition) is 7. The van der Waals surface area contributed by atoms with Gasteiger partial charge in [0, 0.05) is 23.7 Å². The number of nitrogens with zero attached hydrogens (tertiary/aromatic N) is 2. The van der Waals surface area contributed by atoms with Gasteiger partial charge in [-0.3, -0.25) is 14.5 Å². The monoisotopic (exact) mass is 534 g/mol. The Kier molecular flexibility index (Phi) is 7.36. The Morgan fingerprint density at radius 2 is 1.76 bits per heavy atom. The second-order valence-electron chi connectivity index (χ2n) is 9.21. The number of hydrogen-bond donors (Lipinski definition) is 3. The zero-order valence-corrected chi connectivity index (χ0v) is 21.2. The Labute approximate surface area is 222 Å². The molecule has 11 heteroatoms. The van der Waals surface area contributed by atoms with Crippen molar-refractivity contribution in [3.8, 4) is 11.3 Å². The molecule has 5 rings (SSSR count). The Balaban J connectivity index is 1.26. The molecule has 1 aliphatic heterocycles. The van der Waals surface area contributed by atoms with Crippen LogP contribution in [0.2, 0.25) is 0 Å². The largest absolute Gasteiger partial charge is 0.477 e. The van der Waals surface area contributed by atoms with Crippen LogP contribution in [0.5, 0.6) is 0 Å². The van der Waals surface area contributed by atoms with E-state index in [0.29, 0.717) is 30.5 Å². The summed E-state index contributed by atoms with van der Waals surface area (Å²) in [7, 11) is 0. The van der Waals surface area contributed by atoms with Gasteiger partial charge in [0.05, 0.1) is 5.69 Å². The lowest BCUT2D eigenvalue weighted by Gasteiger charge is -2.22. The first-order chi connectivity index (χ1) is 18.4. The second-order valence-corrected chi connectivity index (χ2v) is 10.2. The van der Waals surface area contributed by atoms with Crippen LogP contribution in [-0.4, -0.2) is 57.5 Å². The highest BCUT2D eigenvalue weighted by Crippen LogP contribution is 2.32. The Bertz CT molecular complexity index is 1350. The van der Waals surface area contributed by atoms with Gasteiger partial charge >= 0.3 is 12.1 Å². The van der Waals surface area contributed by atoms with E-state index in [1.165, 1.54) is 4.90 Å². The number of aromatic nitrogens is 1. The van der Waals surface area contributed by atoms with Gasteiger partial charge in [-0.2, -0.15) is 0 Å².